The number of nitrogens with zero attached hydrogens (tertiary/aromatic N) is 1. The first-order chi connectivity index (χ1) is 19.4. The van der Waals surface area contributed by atoms with Crippen LogP contribution in [0.1, 0.15) is 24.4 Å². The zero-order valence-electron chi connectivity index (χ0n) is 21.9. The van der Waals surface area contributed by atoms with E-state index in [1.807, 2.05) is 85.8 Å². The van der Waals surface area contributed by atoms with Crippen molar-refractivity contribution < 1.29 is 24.2 Å². The molecule has 0 bridgehead atoms. The number of carbonyl (C=O) groups is 2. The number of nitrogens with one attached hydrogen (secondary N) is 2. The van der Waals surface area contributed by atoms with Gasteiger partial charge in [0.1, 0.15) is 28.8 Å². The van der Waals surface area contributed by atoms with Gasteiger partial charge in [0, 0.05) is 6.07 Å². The van der Waals surface area contributed by atoms with E-state index < -0.39 is 5.25 Å². The molecule has 2 unspecified atom stereocenters. The van der Waals surface area contributed by atoms with Gasteiger partial charge in [-0.2, -0.15) is 0 Å². The van der Waals surface area contributed by atoms with Crippen LogP contribution < -0.4 is 14.8 Å². The molecule has 1 aromatic heterocycles. The van der Waals surface area contributed by atoms with Crippen LogP contribution >= 0.6 is 24.2 Å². The Morgan fingerprint density at radius 1 is 0.878 bits per heavy atom. The summed E-state index contributed by atoms with van der Waals surface area (Å²) in [6, 6.07) is 28.0. The number of thioether (sulfide) groups is 1. The molecule has 0 aliphatic carbocycles. The number of H-pyrrole nitrogens is 1. The van der Waals surface area contributed by atoms with Crippen LogP contribution in [0, 0.1) is 0 Å². The van der Waals surface area contributed by atoms with Crippen molar-refractivity contribution in [2.75, 3.05) is 0 Å². The summed E-state index contributed by atoms with van der Waals surface area (Å²) in [6.07, 6.45) is 0.151. The van der Waals surface area contributed by atoms with E-state index in [1.165, 1.54) is 0 Å². The highest BCUT2D eigenvalue weighted by atomic mass is 35.5. The molecule has 6 rings (SSSR count). The second-order valence-corrected chi connectivity index (χ2v) is 10.6. The van der Waals surface area contributed by atoms with Crippen LogP contribution in [-0.2, 0) is 11.2 Å². The molecular weight excluding hydrogens is 562 g/mol. The minimum absolute atomic E-state index is 0. The number of aromatic amines is 1. The Morgan fingerprint density at radius 2 is 1.51 bits per heavy atom. The molecule has 0 spiro atoms. The van der Waals surface area contributed by atoms with Gasteiger partial charge in [0.15, 0.2) is 6.10 Å². The van der Waals surface area contributed by atoms with E-state index in [0.29, 0.717) is 29.5 Å². The number of rotatable bonds is 8. The monoisotopic (exact) mass is 587 g/mol. The number of phenolic OH excluding ortho intramolecular Hbond substituents is 1. The number of hydrogen-bond donors (Lipinski definition) is 3. The van der Waals surface area contributed by atoms with Gasteiger partial charge in [-0.25, -0.2) is 4.98 Å². The van der Waals surface area contributed by atoms with E-state index in [-0.39, 0.29) is 35.4 Å². The van der Waals surface area contributed by atoms with E-state index >= 15 is 0 Å². The average molecular weight is 588 g/mol. The molecule has 1 saturated heterocycles. The molecule has 2 atom stereocenters. The SMILES string of the molecule is CC(Oc1ccc(CC2SC(=O)NC2=O)cc1)c1nc2ccc(Oc3ccc(-c4ccc(O)cc4)cc3)cc2[nH]1.Cl. The number of hydrogen-bond acceptors (Lipinski definition) is 7. The number of ether oxygens (including phenoxy) is 2. The Kier molecular flexibility index (Phi) is 8.19. The molecular formula is C31H26ClN3O5S. The third kappa shape index (κ3) is 6.48. The molecule has 4 aromatic carbocycles. The summed E-state index contributed by atoms with van der Waals surface area (Å²) in [4.78, 5) is 31.2. The lowest BCUT2D eigenvalue weighted by Crippen LogP contribution is -2.25. The standard InChI is InChI=1S/C31H25N3O5S.ClH/c1-18(38-23-10-2-19(3-11-23)16-28-30(36)34-31(37)40-28)29-32-26-15-14-25(17-27(26)33-29)39-24-12-6-21(7-13-24)20-4-8-22(35)9-5-20;/h2-15,17-18,28,35H,16H2,1H3,(H,32,33)(H,34,36,37);1H. The molecule has 3 N–H and O–H groups in total. The summed E-state index contributed by atoms with van der Waals surface area (Å²) in [5.74, 6) is 2.75. The van der Waals surface area contributed by atoms with Crippen molar-refractivity contribution in [3.8, 4) is 34.1 Å². The molecule has 1 fully saturated rings. The van der Waals surface area contributed by atoms with Crippen LogP contribution in [0.15, 0.2) is 91.0 Å². The minimum Gasteiger partial charge on any atom is -0.508 e. The third-order valence-corrected chi connectivity index (χ3v) is 7.55. The zero-order valence-corrected chi connectivity index (χ0v) is 23.5. The fraction of sp³-hybridized carbons (Fsp3) is 0.129. The second-order valence-electron chi connectivity index (χ2n) is 9.47. The van der Waals surface area contributed by atoms with Gasteiger partial charge >= 0.3 is 0 Å². The second kappa shape index (κ2) is 12.0. The van der Waals surface area contributed by atoms with Gasteiger partial charge in [-0.1, -0.05) is 48.2 Å². The lowest BCUT2D eigenvalue weighted by Gasteiger charge is -2.13. The van der Waals surface area contributed by atoms with Gasteiger partial charge in [0.25, 0.3) is 5.24 Å². The normalized spacial score (nSPS) is 15.3. The summed E-state index contributed by atoms with van der Waals surface area (Å²) in [6.45, 7) is 1.92. The first kappa shape index (κ1) is 28.1. The third-order valence-electron chi connectivity index (χ3n) is 6.57. The van der Waals surface area contributed by atoms with Crippen molar-refractivity contribution in [1.29, 1.82) is 0 Å². The van der Waals surface area contributed by atoms with Gasteiger partial charge in [-0.15, -0.1) is 12.4 Å². The first-order valence-corrected chi connectivity index (χ1v) is 13.6. The Morgan fingerprint density at radius 3 is 2.17 bits per heavy atom. The topological polar surface area (TPSA) is 114 Å². The number of amides is 2. The number of aromatic hydroxyl groups is 1. The highest BCUT2D eigenvalue weighted by Crippen LogP contribution is 2.30. The number of aromatic nitrogens is 2. The molecule has 5 aromatic rings. The highest BCUT2D eigenvalue weighted by molar-refractivity contribution is 8.15. The predicted octanol–water partition coefficient (Wildman–Crippen LogP) is 7.18. The smallest absolute Gasteiger partial charge is 0.286 e. The van der Waals surface area contributed by atoms with E-state index in [1.54, 1.807) is 12.1 Å². The number of carbonyl (C=O) groups excluding carboxylic acids is 2. The Hall–Kier alpha value is -4.47. The maximum atomic E-state index is 11.8. The van der Waals surface area contributed by atoms with Crippen molar-refractivity contribution in [2.24, 2.45) is 0 Å². The Balaban J connectivity index is 0.00000337. The zero-order chi connectivity index (χ0) is 27.6. The Bertz CT molecular complexity index is 1690. The first-order valence-electron chi connectivity index (χ1n) is 12.7. The molecule has 2 heterocycles. The molecule has 1 aliphatic heterocycles. The number of fused-ring (bicyclic) bond motifs is 1. The molecule has 2 amide bonds. The van der Waals surface area contributed by atoms with Gasteiger partial charge in [-0.05, 0) is 78.6 Å². The fourth-order valence-corrected chi connectivity index (χ4v) is 5.34. The summed E-state index contributed by atoms with van der Waals surface area (Å²) >= 11 is 1.02. The highest BCUT2D eigenvalue weighted by Gasteiger charge is 2.31. The van der Waals surface area contributed by atoms with Crippen LogP contribution in [0.4, 0.5) is 4.79 Å². The maximum Gasteiger partial charge on any atom is 0.286 e. The molecule has 10 heteroatoms. The molecule has 1 aliphatic rings. The number of benzene rings is 4. The number of imidazole rings is 1. The van der Waals surface area contributed by atoms with Crippen LogP contribution in [0.25, 0.3) is 22.2 Å². The van der Waals surface area contributed by atoms with E-state index in [2.05, 4.69) is 15.3 Å². The largest absolute Gasteiger partial charge is 0.508 e. The van der Waals surface area contributed by atoms with Crippen LogP contribution in [0.3, 0.4) is 0 Å². The number of phenols is 1. The molecule has 208 valence electrons. The van der Waals surface area contributed by atoms with Gasteiger partial charge in [-0.3, -0.25) is 14.9 Å². The summed E-state index contributed by atoms with van der Waals surface area (Å²) in [7, 11) is 0. The van der Waals surface area contributed by atoms with E-state index in [0.717, 1.165) is 39.5 Å². The summed E-state index contributed by atoms with van der Waals surface area (Å²) < 4.78 is 12.2. The summed E-state index contributed by atoms with van der Waals surface area (Å²) in [5, 5.41) is 11.1. The number of imide groups is 1. The van der Waals surface area contributed by atoms with Gasteiger partial charge in [0.2, 0.25) is 5.91 Å². The van der Waals surface area contributed by atoms with Crippen molar-refractivity contribution in [1.82, 2.24) is 15.3 Å². The van der Waals surface area contributed by atoms with Crippen molar-refractivity contribution in [2.45, 2.75) is 24.7 Å². The maximum absolute atomic E-state index is 11.8. The lowest BCUT2D eigenvalue weighted by molar-refractivity contribution is -0.118. The van der Waals surface area contributed by atoms with E-state index in [4.69, 9.17) is 9.47 Å². The molecule has 0 saturated carbocycles. The summed E-state index contributed by atoms with van der Waals surface area (Å²) in [5.41, 5.74) is 4.63. The average Bonchev–Trinajstić information content (AvgIpc) is 3.52. The van der Waals surface area contributed by atoms with Gasteiger partial charge < -0.3 is 19.6 Å². The Labute approximate surface area is 246 Å². The minimum atomic E-state index is -0.396. The van der Waals surface area contributed by atoms with Crippen molar-refractivity contribution in [3.05, 3.63) is 102 Å². The lowest BCUT2D eigenvalue weighted by atomic mass is 10.1. The van der Waals surface area contributed by atoms with Gasteiger partial charge in [0.05, 0.1) is 16.3 Å². The number of halogens is 1. The fourth-order valence-electron chi connectivity index (χ4n) is 4.48. The van der Waals surface area contributed by atoms with Crippen LogP contribution in [0.5, 0.6) is 23.0 Å². The molecule has 8 nitrogen and oxygen atoms in total. The van der Waals surface area contributed by atoms with Crippen molar-refractivity contribution in [3.63, 3.8) is 0 Å². The quantitative estimate of drug-likeness (QED) is 0.176. The van der Waals surface area contributed by atoms with Crippen molar-refractivity contribution >= 4 is 46.3 Å². The molecule has 0 radical (unpaired) electrons. The van der Waals surface area contributed by atoms with Crippen LogP contribution in [0.2, 0.25) is 0 Å². The van der Waals surface area contributed by atoms with Crippen LogP contribution in [-0.4, -0.2) is 31.5 Å². The molecule has 41 heavy (non-hydrogen) atoms. The van der Waals surface area contributed by atoms with E-state index in [9.17, 15) is 14.7 Å². The predicted molar refractivity (Wildman–Crippen MR) is 161 cm³/mol.